The highest BCUT2D eigenvalue weighted by Crippen LogP contribution is 2.21. The van der Waals surface area contributed by atoms with Crippen molar-refractivity contribution in [1.82, 2.24) is 9.55 Å². The van der Waals surface area contributed by atoms with Gasteiger partial charge in [-0.25, -0.2) is 17.8 Å². The fraction of sp³-hybridized carbons (Fsp3) is 0.0476. The van der Waals surface area contributed by atoms with Gasteiger partial charge in [0.15, 0.2) is 0 Å². The fourth-order valence-electron chi connectivity index (χ4n) is 3.08. The van der Waals surface area contributed by atoms with Crippen LogP contribution in [-0.4, -0.2) is 18.0 Å². The molecule has 0 amide bonds. The Balaban J connectivity index is 1.79. The quantitative estimate of drug-likeness (QED) is 0.510. The summed E-state index contributed by atoms with van der Waals surface area (Å²) in [5.41, 5.74) is 0.876. The van der Waals surface area contributed by atoms with Gasteiger partial charge in [-0.2, -0.15) is 0 Å². The third-order valence-corrected chi connectivity index (χ3v) is 6.15. The zero-order valence-electron chi connectivity index (χ0n) is 15.6. The summed E-state index contributed by atoms with van der Waals surface area (Å²) < 4.78 is 42.1. The molecule has 1 heterocycles. The van der Waals surface area contributed by atoms with Gasteiger partial charge in [-0.15, -0.1) is 0 Å². The van der Waals surface area contributed by atoms with Gasteiger partial charge < -0.3 is 0 Å². The maximum Gasteiger partial charge on any atom is 0.266 e. The van der Waals surface area contributed by atoms with E-state index in [4.69, 9.17) is 11.6 Å². The first kappa shape index (κ1) is 20.1. The number of rotatable bonds is 4. The van der Waals surface area contributed by atoms with Gasteiger partial charge in [0.25, 0.3) is 15.6 Å². The molecule has 0 radical (unpaired) electrons. The SMILES string of the molecule is Cc1nc2ccc(NS(=O)(=O)c3ccc(F)cc3)cc2c(=O)n1-c1ccc(Cl)cc1. The number of nitrogens with zero attached hydrogens (tertiary/aromatic N) is 2. The maximum atomic E-state index is 13.1. The highest BCUT2D eigenvalue weighted by atomic mass is 35.5. The third-order valence-electron chi connectivity index (χ3n) is 4.50. The molecule has 4 rings (SSSR count). The molecule has 0 atom stereocenters. The number of hydrogen-bond donors (Lipinski definition) is 1. The second-order valence-electron chi connectivity index (χ2n) is 6.57. The summed E-state index contributed by atoms with van der Waals surface area (Å²) in [5.74, 6) is -0.0571. The van der Waals surface area contributed by atoms with Crippen molar-refractivity contribution in [2.24, 2.45) is 0 Å². The summed E-state index contributed by atoms with van der Waals surface area (Å²) in [5, 5.41) is 0.783. The lowest BCUT2D eigenvalue weighted by Crippen LogP contribution is -2.22. The lowest BCUT2D eigenvalue weighted by atomic mass is 10.2. The van der Waals surface area contributed by atoms with Gasteiger partial charge in [-0.05, 0) is 73.7 Å². The Labute approximate surface area is 176 Å². The Morgan fingerprint density at radius 3 is 2.33 bits per heavy atom. The van der Waals surface area contributed by atoms with Crippen molar-refractivity contribution in [3.63, 3.8) is 0 Å². The van der Waals surface area contributed by atoms with Crippen molar-refractivity contribution in [2.45, 2.75) is 11.8 Å². The van der Waals surface area contributed by atoms with E-state index < -0.39 is 15.8 Å². The van der Waals surface area contributed by atoms with Crippen molar-refractivity contribution in [3.05, 3.63) is 93.7 Å². The Hall–Kier alpha value is -3.23. The van der Waals surface area contributed by atoms with E-state index in [2.05, 4.69) is 9.71 Å². The second kappa shape index (κ2) is 7.55. The van der Waals surface area contributed by atoms with Gasteiger partial charge in [0, 0.05) is 10.7 Å². The number of halogens is 2. The largest absolute Gasteiger partial charge is 0.280 e. The molecule has 1 N–H and O–H groups in total. The van der Waals surface area contributed by atoms with Crippen LogP contribution < -0.4 is 10.3 Å². The first-order chi connectivity index (χ1) is 14.2. The summed E-state index contributed by atoms with van der Waals surface area (Å²) in [6.07, 6.45) is 0. The van der Waals surface area contributed by atoms with E-state index in [-0.39, 0.29) is 21.5 Å². The monoisotopic (exact) mass is 443 g/mol. The zero-order chi connectivity index (χ0) is 21.5. The van der Waals surface area contributed by atoms with Crippen LogP contribution in [0.1, 0.15) is 5.82 Å². The average molecular weight is 444 g/mol. The van der Waals surface area contributed by atoms with Crippen LogP contribution in [0.4, 0.5) is 10.1 Å². The van der Waals surface area contributed by atoms with Gasteiger partial charge in [-0.3, -0.25) is 14.1 Å². The third kappa shape index (κ3) is 3.79. The van der Waals surface area contributed by atoms with Crippen molar-refractivity contribution >= 4 is 38.2 Å². The number of sulfonamides is 1. The molecule has 30 heavy (non-hydrogen) atoms. The zero-order valence-corrected chi connectivity index (χ0v) is 17.2. The van der Waals surface area contributed by atoms with Gasteiger partial charge in [0.1, 0.15) is 11.6 Å². The van der Waals surface area contributed by atoms with Crippen LogP contribution in [0.15, 0.2) is 76.4 Å². The van der Waals surface area contributed by atoms with Crippen LogP contribution in [0.3, 0.4) is 0 Å². The predicted molar refractivity (Wildman–Crippen MR) is 114 cm³/mol. The van der Waals surface area contributed by atoms with Crippen LogP contribution in [0, 0.1) is 12.7 Å². The van der Waals surface area contributed by atoms with Crippen molar-refractivity contribution in [1.29, 1.82) is 0 Å². The fourth-order valence-corrected chi connectivity index (χ4v) is 4.26. The Morgan fingerprint density at radius 1 is 1.00 bits per heavy atom. The van der Waals surface area contributed by atoms with E-state index in [0.717, 1.165) is 24.3 Å². The van der Waals surface area contributed by atoms with Crippen molar-refractivity contribution in [3.8, 4) is 5.69 Å². The number of hydrogen-bond acceptors (Lipinski definition) is 4. The average Bonchev–Trinajstić information content (AvgIpc) is 2.70. The van der Waals surface area contributed by atoms with E-state index in [1.807, 2.05) is 0 Å². The standard InChI is InChI=1S/C21H15ClFN3O3S/c1-13-24-20-11-6-16(25-30(28,29)18-9-4-15(23)5-10-18)12-19(20)21(27)26(13)17-7-2-14(22)3-8-17/h2-12,25H,1H3. The molecular formula is C21H15ClFN3O3S. The van der Waals surface area contributed by atoms with Gasteiger partial charge in [0.05, 0.1) is 21.5 Å². The van der Waals surface area contributed by atoms with E-state index >= 15 is 0 Å². The summed E-state index contributed by atoms with van der Waals surface area (Å²) in [7, 11) is -3.95. The number of benzene rings is 3. The summed E-state index contributed by atoms with van der Waals surface area (Å²) >= 11 is 5.93. The molecule has 0 fully saturated rings. The summed E-state index contributed by atoms with van der Waals surface area (Å²) in [4.78, 5) is 17.5. The number of fused-ring (bicyclic) bond motifs is 1. The summed E-state index contributed by atoms with van der Waals surface area (Å²) in [6.45, 7) is 1.71. The molecule has 0 spiro atoms. The number of nitrogens with one attached hydrogen (secondary N) is 1. The first-order valence-corrected chi connectivity index (χ1v) is 10.7. The Bertz CT molecular complexity index is 1420. The maximum absolute atomic E-state index is 13.1. The number of anilines is 1. The van der Waals surface area contributed by atoms with Crippen LogP contribution in [0.25, 0.3) is 16.6 Å². The molecule has 0 unspecified atom stereocenters. The van der Waals surface area contributed by atoms with Crippen molar-refractivity contribution < 1.29 is 12.8 Å². The minimum absolute atomic E-state index is 0.0930. The van der Waals surface area contributed by atoms with Crippen LogP contribution in [0.2, 0.25) is 5.02 Å². The molecule has 6 nitrogen and oxygen atoms in total. The molecule has 4 aromatic rings. The molecule has 1 aromatic heterocycles. The van der Waals surface area contributed by atoms with Gasteiger partial charge in [-0.1, -0.05) is 11.6 Å². The van der Waals surface area contributed by atoms with Crippen molar-refractivity contribution in [2.75, 3.05) is 4.72 Å². The highest BCUT2D eigenvalue weighted by molar-refractivity contribution is 7.92. The van der Waals surface area contributed by atoms with E-state index in [1.54, 1.807) is 37.3 Å². The van der Waals surface area contributed by atoms with Crippen LogP contribution in [-0.2, 0) is 10.0 Å². The molecule has 0 saturated carbocycles. The lowest BCUT2D eigenvalue weighted by Gasteiger charge is -2.12. The Morgan fingerprint density at radius 2 is 1.67 bits per heavy atom. The normalized spacial score (nSPS) is 11.6. The second-order valence-corrected chi connectivity index (χ2v) is 8.69. The molecular weight excluding hydrogens is 429 g/mol. The topological polar surface area (TPSA) is 81.1 Å². The molecule has 0 aliphatic rings. The van der Waals surface area contributed by atoms with E-state index in [1.165, 1.54) is 16.7 Å². The molecule has 3 aromatic carbocycles. The molecule has 9 heteroatoms. The Kier molecular flexibility index (Phi) is 5.05. The van der Waals surface area contributed by atoms with Crippen LogP contribution in [0.5, 0.6) is 0 Å². The van der Waals surface area contributed by atoms with Gasteiger partial charge in [0.2, 0.25) is 0 Å². The molecule has 0 aliphatic carbocycles. The number of aryl methyl sites for hydroxylation is 1. The molecule has 152 valence electrons. The summed E-state index contributed by atoms with van der Waals surface area (Å²) in [6, 6.07) is 15.7. The minimum atomic E-state index is -3.95. The smallest absolute Gasteiger partial charge is 0.266 e. The van der Waals surface area contributed by atoms with Gasteiger partial charge >= 0.3 is 0 Å². The molecule has 0 aliphatic heterocycles. The first-order valence-electron chi connectivity index (χ1n) is 8.82. The molecule has 0 bridgehead atoms. The van der Waals surface area contributed by atoms with E-state index in [9.17, 15) is 17.6 Å². The predicted octanol–water partition coefficient (Wildman–Crippen LogP) is 4.29. The van der Waals surface area contributed by atoms with Crippen LogP contribution >= 0.6 is 11.6 Å². The number of aromatic nitrogens is 2. The highest BCUT2D eigenvalue weighted by Gasteiger charge is 2.16. The minimum Gasteiger partial charge on any atom is -0.280 e. The lowest BCUT2D eigenvalue weighted by molar-refractivity contribution is 0.599. The molecule has 0 saturated heterocycles. The van der Waals surface area contributed by atoms with E-state index in [0.29, 0.717) is 22.1 Å².